The summed E-state index contributed by atoms with van der Waals surface area (Å²) in [4.78, 5) is 22.0. The van der Waals surface area contributed by atoms with Gasteiger partial charge in [0.1, 0.15) is 5.75 Å². The Morgan fingerprint density at radius 3 is 2.55 bits per heavy atom. The zero-order valence-electron chi connectivity index (χ0n) is 17.2. The van der Waals surface area contributed by atoms with Gasteiger partial charge < -0.3 is 9.64 Å². The second-order valence-corrected chi connectivity index (χ2v) is 8.45. The minimum absolute atomic E-state index is 0. The molecule has 2 aromatic carbocycles. The van der Waals surface area contributed by atoms with Gasteiger partial charge in [0.05, 0.1) is 22.9 Å². The number of amides is 1. The molecule has 3 rings (SSSR count). The summed E-state index contributed by atoms with van der Waals surface area (Å²) in [7, 11) is 5.51. The van der Waals surface area contributed by atoms with Crippen molar-refractivity contribution in [1.82, 2.24) is 9.88 Å². The molecule has 0 saturated carbocycles. The number of thiazole rings is 1. The first kappa shape index (κ1) is 23.4. The molecule has 8 heteroatoms. The maximum absolute atomic E-state index is 13.5. The van der Waals surface area contributed by atoms with Crippen LogP contribution in [0.3, 0.4) is 0 Å². The lowest BCUT2D eigenvalue weighted by atomic mass is 10.1. The quantitative estimate of drug-likeness (QED) is 0.513. The predicted octanol–water partition coefficient (Wildman–Crippen LogP) is 5.21. The Hall–Kier alpha value is -1.86. The van der Waals surface area contributed by atoms with Crippen molar-refractivity contribution in [2.24, 2.45) is 0 Å². The van der Waals surface area contributed by atoms with Crippen LogP contribution < -0.4 is 9.64 Å². The van der Waals surface area contributed by atoms with Crippen molar-refractivity contribution in [3.05, 3.63) is 52.0 Å². The van der Waals surface area contributed by atoms with Gasteiger partial charge in [-0.1, -0.05) is 29.0 Å². The second-order valence-electron chi connectivity index (χ2n) is 7.03. The number of carbonyl (C=O) groups is 1. The van der Waals surface area contributed by atoms with Gasteiger partial charge in [0.2, 0.25) is 0 Å². The van der Waals surface area contributed by atoms with Gasteiger partial charge in [0, 0.05) is 18.1 Å². The van der Waals surface area contributed by atoms with Crippen LogP contribution in [0.25, 0.3) is 10.2 Å². The largest absolute Gasteiger partial charge is 0.496 e. The zero-order valence-corrected chi connectivity index (χ0v) is 19.5. The third-order valence-electron chi connectivity index (χ3n) is 4.45. The van der Waals surface area contributed by atoms with Crippen LogP contribution in [0.4, 0.5) is 5.13 Å². The van der Waals surface area contributed by atoms with Gasteiger partial charge in [-0.15, -0.1) is 12.4 Å². The summed E-state index contributed by atoms with van der Waals surface area (Å²) in [6, 6.07) is 9.26. The van der Waals surface area contributed by atoms with Crippen LogP contribution in [0.2, 0.25) is 5.02 Å². The standard InChI is InChI=1S/C21H24ClN3O2S.ClH/c1-13-10-14(2)19-17(11-13)23-21(28-19)25(9-8-24(3)4)20(26)16-12-15(22)6-7-18(16)27-5;/h6-7,10-12H,8-9H2,1-5H3;1H. The fourth-order valence-corrected chi connectivity index (χ4v) is 4.27. The van der Waals surface area contributed by atoms with Crippen LogP contribution in [0, 0.1) is 13.8 Å². The molecule has 0 radical (unpaired) electrons. The van der Waals surface area contributed by atoms with Crippen LogP contribution >= 0.6 is 35.3 Å². The van der Waals surface area contributed by atoms with Gasteiger partial charge in [0.15, 0.2) is 5.13 Å². The number of ether oxygens (including phenoxy) is 1. The van der Waals surface area contributed by atoms with Crippen molar-refractivity contribution in [2.75, 3.05) is 39.2 Å². The summed E-state index contributed by atoms with van der Waals surface area (Å²) < 4.78 is 6.49. The van der Waals surface area contributed by atoms with Crippen molar-refractivity contribution in [3.63, 3.8) is 0 Å². The highest BCUT2D eigenvalue weighted by atomic mass is 35.5. The molecular formula is C21H25Cl2N3O2S. The Bertz CT molecular complexity index is 1020. The SMILES string of the molecule is COc1ccc(Cl)cc1C(=O)N(CCN(C)C)c1nc2cc(C)cc(C)c2s1.Cl. The molecule has 1 heterocycles. The van der Waals surface area contributed by atoms with Crippen molar-refractivity contribution < 1.29 is 9.53 Å². The molecule has 1 aromatic heterocycles. The van der Waals surface area contributed by atoms with Crippen LogP contribution in [0.5, 0.6) is 5.75 Å². The monoisotopic (exact) mass is 453 g/mol. The Morgan fingerprint density at radius 1 is 1.17 bits per heavy atom. The van der Waals surface area contributed by atoms with Crippen molar-refractivity contribution in [1.29, 1.82) is 0 Å². The number of likely N-dealkylation sites (N-methyl/N-ethyl adjacent to an activating group) is 1. The van der Waals surface area contributed by atoms with Crippen LogP contribution in [-0.4, -0.2) is 50.1 Å². The molecule has 1 amide bonds. The number of halogens is 2. The number of aryl methyl sites for hydroxylation is 2. The highest BCUT2D eigenvalue weighted by Crippen LogP contribution is 2.34. The molecule has 0 fully saturated rings. The molecule has 0 unspecified atom stereocenters. The minimum Gasteiger partial charge on any atom is -0.496 e. The molecule has 0 aliphatic heterocycles. The van der Waals surface area contributed by atoms with Gasteiger partial charge in [-0.2, -0.15) is 0 Å². The van der Waals surface area contributed by atoms with Crippen molar-refractivity contribution in [2.45, 2.75) is 13.8 Å². The molecule has 0 spiro atoms. The lowest BCUT2D eigenvalue weighted by Crippen LogP contribution is -2.37. The van der Waals surface area contributed by atoms with E-state index in [9.17, 15) is 4.79 Å². The Kier molecular flexibility index (Phi) is 7.88. The van der Waals surface area contributed by atoms with Gasteiger partial charge in [-0.3, -0.25) is 9.69 Å². The van der Waals surface area contributed by atoms with Gasteiger partial charge in [-0.05, 0) is 63.3 Å². The van der Waals surface area contributed by atoms with Crippen LogP contribution in [0.15, 0.2) is 30.3 Å². The molecule has 29 heavy (non-hydrogen) atoms. The normalized spacial score (nSPS) is 10.9. The predicted molar refractivity (Wildman–Crippen MR) is 125 cm³/mol. The molecule has 3 aromatic rings. The van der Waals surface area contributed by atoms with E-state index in [1.165, 1.54) is 16.9 Å². The summed E-state index contributed by atoms with van der Waals surface area (Å²) in [5.74, 6) is 0.326. The van der Waals surface area contributed by atoms with E-state index in [0.717, 1.165) is 15.8 Å². The van der Waals surface area contributed by atoms with Crippen molar-refractivity contribution in [3.8, 4) is 5.75 Å². The van der Waals surface area contributed by atoms with Gasteiger partial charge in [-0.25, -0.2) is 4.98 Å². The second kappa shape index (κ2) is 9.76. The first-order valence-electron chi connectivity index (χ1n) is 8.98. The van der Waals surface area contributed by atoms with Gasteiger partial charge >= 0.3 is 0 Å². The van der Waals surface area contributed by atoms with E-state index in [4.69, 9.17) is 21.3 Å². The summed E-state index contributed by atoms with van der Waals surface area (Å²) >= 11 is 7.69. The molecular weight excluding hydrogens is 429 g/mol. The average Bonchev–Trinajstić information content (AvgIpc) is 3.05. The van der Waals surface area contributed by atoms with Crippen molar-refractivity contribution >= 4 is 56.6 Å². The van der Waals surface area contributed by atoms with E-state index < -0.39 is 0 Å². The topological polar surface area (TPSA) is 45.7 Å². The first-order valence-corrected chi connectivity index (χ1v) is 10.2. The molecule has 0 N–H and O–H groups in total. The highest BCUT2D eigenvalue weighted by molar-refractivity contribution is 7.22. The zero-order chi connectivity index (χ0) is 20.4. The number of hydrogen-bond acceptors (Lipinski definition) is 5. The molecule has 0 bridgehead atoms. The van der Waals surface area contributed by atoms with E-state index in [0.29, 0.717) is 34.6 Å². The maximum Gasteiger partial charge on any atom is 0.263 e. The number of rotatable bonds is 6. The average molecular weight is 454 g/mol. The molecule has 5 nitrogen and oxygen atoms in total. The summed E-state index contributed by atoms with van der Waals surface area (Å²) in [5, 5.41) is 1.17. The summed E-state index contributed by atoms with van der Waals surface area (Å²) in [6.07, 6.45) is 0. The molecule has 0 atom stereocenters. The molecule has 0 aliphatic rings. The Morgan fingerprint density at radius 2 is 1.90 bits per heavy atom. The number of benzene rings is 2. The first-order chi connectivity index (χ1) is 13.3. The lowest BCUT2D eigenvalue weighted by Gasteiger charge is -2.23. The number of fused-ring (bicyclic) bond motifs is 1. The number of carbonyl (C=O) groups excluding carboxylic acids is 1. The van der Waals surface area contributed by atoms with Crippen LogP contribution in [0.1, 0.15) is 21.5 Å². The minimum atomic E-state index is -0.172. The number of anilines is 1. The Balaban J connectivity index is 0.00000300. The smallest absolute Gasteiger partial charge is 0.263 e. The number of methoxy groups -OCH3 is 1. The lowest BCUT2D eigenvalue weighted by molar-refractivity contribution is 0.0982. The number of nitrogens with zero attached hydrogens (tertiary/aromatic N) is 3. The van der Waals surface area contributed by atoms with Crippen LogP contribution in [-0.2, 0) is 0 Å². The summed E-state index contributed by atoms with van der Waals surface area (Å²) in [6.45, 7) is 5.35. The molecule has 0 saturated heterocycles. The highest BCUT2D eigenvalue weighted by Gasteiger charge is 2.24. The fraction of sp³-hybridized carbons (Fsp3) is 0.333. The van der Waals surface area contributed by atoms with E-state index in [1.807, 2.05) is 19.0 Å². The molecule has 0 aliphatic carbocycles. The van der Waals surface area contributed by atoms with Gasteiger partial charge in [0.25, 0.3) is 5.91 Å². The van der Waals surface area contributed by atoms with E-state index >= 15 is 0 Å². The third kappa shape index (κ3) is 5.20. The van der Waals surface area contributed by atoms with E-state index in [-0.39, 0.29) is 18.3 Å². The maximum atomic E-state index is 13.5. The van der Waals surface area contributed by atoms with E-state index in [2.05, 4.69) is 26.0 Å². The molecule has 156 valence electrons. The third-order valence-corrected chi connectivity index (χ3v) is 5.91. The fourth-order valence-electron chi connectivity index (χ4n) is 3.06. The van der Waals surface area contributed by atoms with E-state index in [1.54, 1.807) is 30.2 Å². The summed E-state index contributed by atoms with van der Waals surface area (Å²) in [5.41, 5.74) is 3.67. The Labute approximate surface area is 186 Å². The number of aromatic nitrogens is 1. The number of hydrogen-bond donors (Lipinski definition) is 0.